The van der Waals surface area contributed by atoms with Crippen LogP contribution in [0.3, 0.4) is 0 Å². The van der Waals surface area contributed by atoms with Gasteiger partial charge in [-0.15, -0.1) is 0 Å². The Morgan fingerprint density at radius 3 is 1.13 bits per heavy atom. The van der Waals surface area contributed by atoms with Gasteiger partial charge in [0.1, 0.15) is 0 Å². The first kappa shape index (κ1) is 36.1. The molecule has 2 unspecified atom stereocenters. The molecule has 7 rings (SSSR count). The van der Waals surface area contributed by atoms with Crippen molar-refractivity contribution in [1.82, 2.24) is 0 Å². The summed E-state index contributed by atoms with van der Waals surface area (Å²) in [5.41, 5.74) is 27.5. The Bertz CT molecular complexity index is 1800. The van der Waals surface area contributed by atoms with Gasteiger partial charge >= 0.3 is 279 Å². The van der Waals surface area contributed by atoms with Gasteiger partial charge in [0, 0.05) is 0 Å². The van der Waals surface area contributed by atoms with Crippen LogP contribution in [0.15, 0.2) is 59.7 Å². The molecule has 3 aliphatic rings. The van der Waals surface area contributed by atoms with E-state index in [-0.39, 0.29) is 24.8 Å². The third-order valence-electron chi connectivity index (χ3n) is 12.4. The quantitative estimate of drug-likeness (QED) is 0.202. The van der Waals surface area contributed by atoms with E-state index in [1.807, 2.05) is 0 Å². The Kier molecular flexibility index (Phi) is 10.2. The van der Waals surface area contributed by atoms with Gasteiger partial charge in [-0.3, -0.25) is 0 Å². The second kappa shape index (κ2) is 13.3. The smallest absolute Gasteiger partial charge is 1.00 e. The van der Waals surface area contributed by atoms with Crippen LogP contribution in [0.1, 0.15) is 101 Å². The van der Waals surface area contributed by atoms with Crippen LogP contribution in [0.25, 0.3) is 34.4 Å². The van der Waals surface area contributed by atoms with Crippen LogP contribution in [0.4, 0.5) is 0 Å². The molecule has 4 aromatic rings. The van der Waals surface area contributed by atoms with Crippen molar-refractivity contribution < 1.29 is 45.1 Å². The Hall–Kier alpha value is -2.18. The molecule has 1 aliphatic heterocycles. The Balaban J connectivity index is 0.00000217. The Morgan fingerprint density at radius 1 is 0.489 bits per heavy atom. The Labute approximate surface area is 301 Å². The molecular weight excluding hydrogens is 691 g/mol. The number of hydrogen-bond donors (Lipinski definition) is 0. The minimum atomic E-state index is -2.84. The van der Waals surface area contributed by atoms with E-state index in [0.29, 0.717) is 7.25 Å². The van der Waals surface area contributed by atoms with E-state index >= 15 is 0 Å². The van der Waals surface area contributed by atoms with Gasteiger partial charge in [-0.05, 0) is 0 Å². The van der Waals surface area contributed by atoms with E-state index in [2.05, 4.69) is 130 Å². The third-order valence-corrected chi connectivity index (χ3v) is 25.3. The maximum atomic E-state index is 2.68. The molecule has 1 heterocycles. The van der Waals surface area contributed by atoms with Crippen molar-refractivity contribution in [2.24, 2.45) is 0 Å². The van der Waals surface area contributed by atoms with Crippen molar-refractivity contribution in [1.29, 1.82) is 0 Å². The third kappa shape index (κ3) is 5.43. The molecule has 4 aromatic carbocycles. The van der Waals surface area contributed by atoms with Gasteiger partial charge in [0.05, 0.1) is 0 Å². The molecule has 0 radical (unpaired) electrons. The fourth-order valence-electron chi connectivity index (χ4n) is 9.37. The standard InChI is InChI=1S/2C21H23.C2H4.2ClH.Zr/c2*1-6-17-11-19-15(4)14(3)16(5)21(20(19)12-17)18-9-7-13(2)8-10-18;1-2;;;/h2*7-12H,6H2,1-5H3;1-2H2;2*1H;/q;;;;;+2/p-2. The van der Waals surface area contributed by atoms with Crippen LogP contribution in [-0.2, 0) is 20.3 Å². The molecule has 2 atom stereocenters. The molecule has 2 aliphatic carbocycles. The van der Waals surface area contributed by atoms with E-state index in [9.17, 15) is 0 Å². The predicted octanol–water partition coefficient (Wildman–Crippen LogP) is 6.90. The molecule has 0 bridgehead atoms. The maximum absolute atomic E-state index is 2.84. The van der Waals surface area contributed by atoms with Gasteiger partial charge in [-0.2, -0.15) is 0 Å². The molecule has 244 valence electrons. The fourth-order valence-corrected chi connectivity index (χ4v) is 27.6. The van der Waals surface area contributed by atoms with Crippen LogP contribution >= 0.6 is 0 Å². The van der Waals surface area contributed by atoms with E-state index in [1.165, 1.54) is 63.9 Å². The normalized spacial score (nSPS) is 17.8. The number of hydrogen-bond acceptors (Lipinski definition) is 0. The molecule has 0 amide bonds. The van der Waals surface area contributed by atoms with Gasteiger partial charge in [0.25, 0.3) is 0 Å². The number of benzene rings is 4. The molecule has 3 heteroatoms. The molecule has 1 saturated heterocycles. The summed E-state index contributed by atoms with van der Waals surface area (Å²) in [6.45, 7) is 23.7. The zero-order valence-electron chi connectivity index (χ0n) is 30.0. The topological polar surface area (TPSA) is 0 Å². The summed E-state index contributed by atoms with van der Waals surface area (Å²) in [7, 11) is 0. The molecule has 0 aromatic heterocycles. The molecule has 0 saturated carbocycles. The largest absolute Gasteiger partial charge is 1.00 e. The number of halogens is 2. The van der Waals surface area contributed by atoms with Crippen LogP contribution in [-0.4, -0.2) is 0 Å². The summed E-state index contributed by atoms with van der Waals surface area (Å²) in [5.74, 6) is 0. The van der Waals surface area contributed by atoms with Crippen molar-refractivity contribution in [2.75, 3.05) is 0 Å². The van der Waals surface area contributed by atoms with Crippen molar-refractivity contribution in [3.05, 3.63) is 126 Å². The maximum Gasteiger partial charge on any atom is -1.00 e. The summed E-state index contributed by atoms with van der Waals surface area (Å²) in [6, 6.07) is 18.6. The number of rotatable bonds is 6. The molecule has 0 N–H and O–H groups in total. The summed E-state index contributed by atoms with van der Waals surface area (Å²) >= 11 is -2.84. The van der Waals surface area contributed by atoms with E-state index in [1.54, 1.807) is 44.5 Å². The van der Waals surface area contributed by atoms with Gasteiger partial charge in [0.2, 0.25) is 0 Å². The fraction of sp³-hybridized carbons (Fsp3) is 0.364. The van der Waals surface area contributed by atoms with E-state index in [4.69, 9.17) is 0 Å². The monoisotopic (exact) mass is 738 g/mol. The predicted molar refractivity (Wildman–Crippen MR) is 193 cm³/mol. The first-order valence-electron chi connectivity index (χ1n) is 17.4. The molecule has 1 fully saturated rings. The minimum absolute atomic E-state index is 0. The van der Waals surface area contributed by atoms with Gasteiger partial charge < -0.3 is 24.8 Å². The second-order valence-corrected chi connectivity index (χ2v) is 26.0. The average molecular weight is 741 g/mol. The molecule has 0 spiro atoms. The van der Waals surface area contributed by atoms with Crippen molar-refractivity contribution in [2.45, 2.75) is 97.6 Å². The second-order valence-electron chi connectivity index (χ2n) is 14.6. The van der Waals surface area contributed by atoms with Crippen LogP contribution < -0.4 is 24.8 Å². The molecule has 47 heavy (non-hydrogen) atoms. The minimum Gasteiger partial charge on any atom is -1.00 e. The number of aryl methyl sites for hydroxylation is 2. The zero-order chi connectivity index (χ0) is 31.9. The Morgan fingerprint density at radius 2 is 0.830 bits per heavy atom. The van der Waals surface area contributed by atoms with Gasteiger partial charge in [0.15, 0.2) is 0 Å². The van der Waals surface area contributed by atoms with E-state index < -0.39 is 20.3 Å². The summed E-state index contributed by atoms with van der Waals surface area (Å²) in [4.78, 5) is 0. The molecular formula is C44H50Cl2Zr. The zero-order valence-corrected chi connectivity index (χ0v) is 34.0. The SMILES string of the molecule is CCC1=Cc2c(-c3ccc(C)cc3)c(C)c(C)c(C)c2[CH]1[Zr+2]1([CH]2C(CC)=Cc3c(-c4ccc(C)cc4)c(C)c(C)c(C)c32)[CH2][CH2]1.[Cl-].[Cl-]. The molecule has 0 nitrogen and oxygen atoms in total. The average Bonchev–Trinajstić information content (AvgIpc) is 3.58. The van der Waals surface area contributed by atoms with Gasteiger partial charge in [-0.25, -0.2) is 0 Å². The van der Waals surface area contributed by atoms with Crippen molar-refractivity contribution in [3.63, 3.8) is 0 Å². The number of allylic oxidation sites excluding steroid dienone is 2. The van der Waals surface area contributed by atoms with Gasteiger partial charge in [-0.1, -0.05) is 0 Å². The summed E-state index contributed by atoms with van der Waals surface area (Å²) < 4.78 is 4.38. The number of fused-ring (bicyclic) bond motifs is 2. The first-order valence-corrected chi connectivity index (χ1v) is 23.7. The summed E-state index contributed by atoms with van der Waals surface area (Å²) in [5, 5.41) is 0. The van der Waals surface area contributed by atoms with E-state index in [0.717, 1.165) is 12.8 Å². The van der Waals surface area contributed by atoms with Crippen LogP contribution in [0, 0.1) is 55.4 Å². The van der Waals surface area contributed by atoms with Crippen LogP contribution in [0.2, 0.25) is 8.26 Å². The van der Waals surface area contributed by atoms with Crippen LogP contribution in [0.5, 0.6) is 0 Å². The summed E-state index contributed by atoms with van der Waals surface area (Å²) in [6.07, 6.45) is 7.69. The van der Waals surface area contributed by atoms with Crippen molar-refractivity contribution >= 4 is 12.2 Å². The van der Waals surface area contributed by atoms with Crippen molar-refractivity contribution in [3.8, 4) is 22.3 Å². The first-order chi connectivity index (χ1) is 21.5.